The molecule has 1 unspecified atom stereocenters. The summed E-state index contributed by atoms with van der Waals surface area (Å²) < 4.78 is 40.9. The van der Waals surface area contributed by atoms with Crippen molar-refractivity contribution in [1.82, 2.24) is 0 Å². The van der Waals surface area contributed by atoms with Gasteiger partial charge in [0.25, 0.3) is 0 Å². The Kier molecular flexibility index (Phi) is 4.18. The van der Waals surface area contributed by atoms with Gasteiger partial charge in [0, 0.05) is 15.6 Å². The third-order valence-corrected chi connectivity index (χ3v) is 3.89. The second-order valence-electron chi connectivity index (χ2n) is 3.91. The van der Waals surface area contributed by atoms with Gasteiger partial charge in [-0.1, -0.05) is 23.7 Å². The van der Waals surface area contributed by atoms with Crippen molar-refractivity contribution in [2.75, 3.05) is 0 Å². The molecule has 0 fully saturated rings. The topological polar surface area (TPSA) is 26.0 Å². The van der Waals surface area contributed by atoms with E-state index in [0.29, 0.717) is 4.47 Å². The second kappa shape index (κ2) is 5.53. The zero-order valence-electron chi connectivity index (χ0n) is 9.43. The van der Waals surface area contributed by atoms with Gasteiger partial charge >= 0.3 is 0 Å². The highest BCUT2D eigenvalue weighted by atomic mass is 79.9. The first-order valence-corrected chi connectivity index (χ1v) is 6.43. The van der Waals surface area contributed by atoms with Crippen molar-refractivity contribution in [2.24, 2.45) is 5.73 Å². The van der Waals surface area contributed by atoms with E-state index in [1.54, 1.807) is 0 Å². The molecule has 2 aromatic carbocycles. The van der Waals surface area contributed by atoms with E-state index < -0.39 is 23.5 Å². The number of nitrogens with two attached hydrogens (primary N) is 1. The molecule has 0 saturated carbocycles. The van der Waals surface area contributed by atoms with Gasteiger partial charge < -0.3 is 5.73 Å². The average Bonchev–Trinajstić information content (AvgIpc) is 2.36. The van der Waals surface area contributed by atoms with Gasteiger partial charge in [-0.3, -0.25) is 0 Å². The van der Waals surface area contributed by atoms with Gasteiger partial charge in [0.05, 0.1) is 11.1 Å². The van der Waals surface area contributed by atoms with Crippen molar-refractivity contribution >= 4 is 27.5 Å². The Morgan fingerprint density at radius 2 is 1.74 bits per heavy atom. The van der Waals surface area contributed by atoms with Crippen molar-refractivity contribution in [2.45, 2.75) is 6.04 Å². The molecule has 0 heterocycles. The minimum absolute atomic E-state index is 0.00213. The van der Waals surface area contributed by atoms with Crippen LogP contribution >= 0.6 is 27.5 Å². The van der Waals surface area contributed by atoms with Gasteiger partial charge in [0.15, 0.2) is 11.6 Å². The number of benzene rings is 2. The zero-order valence-corrected chi connectivity index (χ0v) is 11.8. The van der Waals surface area contributed by atoms with Crippen LogP contribution in [0.2, 0.25) is 5.02 Å². The highest BCUT2D eigenvalue weighted by Crippen LogP contribution is 2.31. The van der Waals surface area contributed by atoms with Crippen molar-refractivity contribution in [3.63, 3.8) is 0 Å². The molecule has 0 saturated heterocycles. The first-order chi connectivity index (χ1) is 8.91. The molecule has 2 rings (SSSR count). The number of halogens is 5. The normalized spacial score (nSPS) is 12.5. The Bertz CT molecular complexity index is 634. The predicted molar refractivity (Wildman–Crippen MR) is 71.5 cm³/mol. The maximum Gasteiger partial charge on any atom is 0.163 e. The Hall–Kier alpha value is -1.04. The summed E-state index contributed by atoms with van der Waals surface area (Å²) in [4.78, 5) is 0. The second-order valence-corrected chi connectivity index (χ2v) is 5.17. The lowest BCUT2D eigenvalue weighted by Gasteiger charge is -2.15. The SMILES string of the molecule is NC(c1cc(Cl)c(Br)cc1F)c1cccc(F)c1F. The van der Waals surface area contributed by atoms with Crippen LogP contribution in [0.1, 0.15) is 17.2 Å². The quantitative estimate of drug-likeness (QED) is 0.789. The summed E-state index contributed by atoms with van der Waals surface area (Å²) in [5, 5.41) is 0.240. The van der Waals surface area contributed by atoms with Crippen LogP contribution in [0.25, 0.3) is 0 Å². The van der Waals surface area contributed by atoms with Crippen molar-refractivity contribution in [3.8, 4) is 0 Å². The third-order valence-electron chi connectivity index (χ3n) is 2.69. The molecule has 1 atom stereocenters. The Labute approximate surface area is 121 Å². The van der Waals surface area contributed by atoms with Crippen LogP contribution in [0.3, 0.4) is 0 Å². The van der Waals surface area contributed by atoms with Crippen LogP contribution in [0.5, 0.6) is 0 Å². The fourth-order valence-electron chi connectivity index (χ4n) is 1.70. The molecule has 0 spiro atoms. The summed E-state index contributed by atoms with van der Waals surface area (Å²) >= 11 is 8.92. The lowest BCUT2D eigenvalue weighted by molar-refractivity contribution is 0.492. The van der Waals surface area contributed by atoms with Crippen LogP contribution in [-0.2, 0) is 0 Å². The average molecular weight is 351 g/mol. The molecule has 6 heteroatoms. The molecule has 0 amide bonds. The molecule has 2 aromatic rings. The van der Waals surface area contributed by atoms with E-state index >= 15 is 0 Å². The third kappa shape index (κ3) is 2.78. The van der Waals surface area contributed by atoms with E-state index in [9.17, 15) is 13.2 Å². The maximum absolute atomic E-state index is 13.8. The molecule has 0 aromatic heterocycles. The van der Waals surface area contributed by atoms with Gasteiger partial charge in [0.2, 0.25) is 0 Å². The molecular weight excluding hydrogens is 343 g/mol. The largest absolute Gasteiger partial charge is 0.320 e. The summed E-state index contributed by atoms with van der Waals surface area (Å²) in [7, 11) is 0. The Balaban J connectivity index is 2.53. The van der Waals surface area contributed by atoms with Crippen LogP contribution < -0.4 is 5.73 Å². The fraction of sp³-hybridized carbons (Fsp3) is 0.0769. The van der Waals surface area contributed by atoms with Crippen molar-refractivity contribution in [3.05, 3.63) is 68.4 Å². The first kappa shape index (κ1) is 14.4. The van der Waals surface area contributed by atoms with Crippen LogP contribution in [0, 0.1) is 17.5 Å². The number of hydrogen-bond acceptors (Lipinski definition) is 1. The molecule has 0 radical (unpaired) electrons. The minimum atomic E-state index is -1.14. The van der Waals surface area contributed by atoms with Crippen molar-refractivity contribution < 1.29 is 13.2 Å². The van der Waals surface area contributed by atoms with Gasteiger partial charge in [0.1, 0.15) is 5.82 Å². The molecule has 1 nitrogen and oxygen atoms in total. The Morgan fingerprint density at radius 1 is 1.05 bits per heavy atom. The summed E-state index contributed by atoms with van der Waals surface area (Å²) in [6.07, 6.45) is 0. The zero-order chi connectivity index (χ0) is 14.2. The number of hydrogen-bond donors (Lipinski definition) is 1. The van der Waals surface area contributed by atoms with E-state index in [2.05, 4.69) is 15.9 Å². The van der Waals surface area contributed by atoms with Gasteiger partial charge in [-0.2, -0.15) is 0 Å². The monoisotopic (exact) mass is 349 g/mol. The standard InChI is InChI=1S/C13H8BrClF3N/c14-8-5-11(17)7(4-9(8)15)13(19)6-2-1-3-10(16)12(6)18/h1-5,13H,19H2. The molecule has 19 heavy (non-hydrogen) atoms. The molecule has 0 bridgehead atoms. The van der Waals surface area contributed by atoms with Gasteiger partial charge in [-0.25, -0.2) is 13.2 Å². The predicted octanol–water partition coefficient (Wildman–Crippen LogP) is 4.57. The molecule has 0 aliphatic rings. The van der Waals surface area contributed by atoms with Crippen LogP contribution in [0.4, 0.5) is 13.2 Å². The fourth-order valence-corrected chi connectivity index (χ4v) is 2.19. The highest BCUT2D eigenvalue weighted by molar-refractivity contribution is 9.10. The van der Waals surface area contributed by atoms with Gasteiger partial charge in [-0.15, -0.1) is 0 Å². The lowest BCUT2D eigenvalue weighted by Crippen LogP contribution is -2.16. The molecule has 0 aliphatic heterocycles. The van der Waals surface area contributed by atoms with E-state index in [1.807, 2.05) is 0 Å². The van der Waals surface area contributed by atoms with Gasteiger partial charge in [-0.05, 0) is 34.1 Å². The van der Waals surface area contributed by atoms with Crippen LogP contribution in [-0.4, -0.2) is 0 Å². The van der Waals surface area contributed by atoms with E-state index in [4.69, 9.17) is 17.3 Å². The van der Waals surface area contributed by atoms with E-state index in [0.717, 1.165) is 12.1 Å². The van der Waals surface area contributed by atoms with Crippen molar-refractivity contribution in [1.29, 1.82) is 0 Å². The minimum Gasteiger partial charge on any atom is -0.320 e. The molecule has 2 N–H and O–H groups in total. The maximum atomic E-state index is 13.8. The summed E-state index contributed by atoms with van der Waals surface area (Å²) in [5.41, 5.74) is 5.66. The summed E-state index contributed by atoms with van der Waals surface area (Å²) in [5.74, 6) is -2.77. The smallest absolute Gasteiger partial charge is 0.163 e. The lowest BCUT2D eigenvalue weighted by atomic mass is 9.98. The van der Waals surface area contributed by atoms with E-state index in [-0.39, 0.29) is 16.1 Å². The van der Waals surface area contributed by atoms with E-state index in [1.165, 1.54) is 18.2 Å². The molecular formula is C13H8BrClF3N. The first-order valence-electron chi connectivity index (χ1n) is 5.25. The number of rotatable bonds is 2. The Morgan fingerprint density at radius 3 is 2.42 bits per heavy atom. The highest BCUT2D eigenvalue weighted by Gasteiger charge is 2.20. The molecule has 0 aliphatic carbocycles. The summed E-state index contributed by atoms with van der Waals surface area (Å²) in [6, 6.07) is 4.87. The summed E-state index contributed by atoms with van der Waals surface area (Å²) in [6.45, 7) is 0. The molecule has 100 valence electrons. The van der Waals surface area contributed by atoms with Crippen LogP contribution in [0.15, 0.2) is 34.8 Å².